The molecule has 0 heterocycles. The summed E-state index contributed by atoms with van der Waals surface area (Å²) in [6, 6.07) is 14.5. The van der Waals surface area contributed by atoms with Gasteiger partial charge >= 0.3 is 0 Å². The molecule has 0 aliphatic carbocycles. The van der Waals surface area contributed by atoms with Crippen LogP contribution in [0.1, 0.15) is 16.7 Å². The first-order chi connectivity index (χ1) is 10.2. The third kappa shape index (κ3) is 5.44. The van der Waals surface area contributed by atoms with Gasteiger partial charge in [0.2, 0.25) is 0 Å². The predicted octanol–water partition coefficient (Wildman–Crippen LogP) is 4.86. The highest BCUT2D eigenvalue weighted by atomic mass is 79.9. The minimum atomic E-state index is 0.348. The van der Waals surface area contributed by atoms with E-state index in [1.807, 2.05) is 18.2 Å². The molecule has 0 bridgehead atoms. The Bertz CT molecular complexity index is 570. The van der Waals surface area contributed by atoms with Crippen LogP contribution < -0.4 is 0 Å². The molecule has 0 unspecified atom stereocenters. The Morgan fingerprint density at radius 3 is 2.48 bits per heavy atom. The summed E-state index contributed by atoms with van der Waals surface area (Å²) in [5.41, 5.74) is 3.72. The lowest BCUT2D eigenvalue weighted by Crippen LogP contribution is -2.01. The fourth-order valence-electron chi connectivity index (χ4n) is 2.05. The Kier molecular flexibility index (Phi) is 6.71. The maximum Gasteiger partial charge on any atom is 0.146 e. The molecule has 112 valence electrons. The predicted molar refractivity (Wildman–Crippen MR) is 89.9 cm³/mol. The van der Waals surface area contributed by atoms with Crippen LogP contribution in [0.15, 0.2) is 46.9 Å². The molecule has 0 saturated carbocycles. The molecule has 4 heteroatoms. The summed E-state index contributed by atoms with van der Waals surface area (Å²) >= 11 is 9.61. The van der Waals surface area contributed by atoms with Crippen molar-refractivity contribution in [2.45, 2.75) is 12.8 Å². The molecular formula is C17H18BrClO2. The zero-order valence-electron chi connectivity index (χ0n) is 11.9. The zero-order valence-corrected chi connectivity index (χ0v) is 14.3. The lowest BCUT2D eigenvalue weighted by Gasteiger charge is -2.07. The van der Waals surface area contributed by atoms with Crippen molar-refractivity contribution in [2.75, 3.05) is 20.5 Å². The second-order valence-electron chi connectivity index (χ2n) is 4.79. The minimum Gasteiger partial charge on any atom is -0.359 e. The van der Waals surface area contributed by atoms with Crippen molar-refractivity contribution in [3.63, 3.8) is 0 Å². The molecule has 21 heavy (non-hydrogen) atoms. The van der Waals surface area contributed by atoms with E-state index in [9.17, 15) is 0 Å². The van der Waals surface area contributed by atoms with Crippen molar-refractivity contribution < 1.29 is 9.47 Å². The van der Waals surface area contributed by atoms with Crippen LogP contribution in [-0.2, 0) is 22.3 Å². The summed E-state index contributed by atoms with van der Waals surface area (Å²) in [5.74, 6) is 0. The van der Waals surface area contributed by atoms with Crippen LogP contribution in [0.5, 0.6) is 0 Å². The molecule has 0 N–H and O–H groups in total. The molecule has 0 fully saturated rings. The van der Waals surface area contributed by atoms with Crippen LogP contribution in [0.3, 0.4) is 0 Å². The van der Waals surface area contributed by atoms with Crippen LogP contribution in [0.25, 0.3) is 0 Å². The molecule has 2 nitrogen and oxygen atoms in total. The van der Waals surface area contributed by atoms with E-state index in [-0.39, 0.29) is 0 Å². The third-order valence-electron chi connectivity index (χ3n) is 3.16. The van der Waals surface area contributed by atoms with E-state index >= 15 is 0 Å². The van der Waals surface area contributed by atoms with Gasteiger partial charge < -0.3 is 9.47 Å². The zero-order chi connectivity index (χ0) is 15.1. The highest BCUT2D eigenvalue weighted by Crippen LogP contribution is 2.23. The Balaban J connectivity index is 1.94. The maximum absolute atomic E-state index is 6.05. The highest BCUT2D eigenvalue weighted by Gasteiger charge is 2.03. The van der Waals surface area contributed by atoms with Gasteiger partial charge in [0, 0.05) is 16.6 Å². The molecule has 0 aliphatic heterocycles. The van der Waals surface area contributed by atoms with Crippen LogP contribution in [0.2, 0.25) is 5.02 Å². The normalized spacial score (nSPS) is 10.8. The van der Waals surface area contributed by atoms with Gasteiger partial charge in [-0.05, 0) is 47.7 Å². The number of rotatable bonds is 7. The van der Waals surface area contributed by atoms with Crippen molar-refractivity contribution in [2.24, 2.45) is 0 Å². The number of halogens is 2. The number of hydrogen-bond acceptors (Lipinski definition) is 2. The van der Waals surface area contributed by atoms with Gasteiger partial charge in [-0.2, -0.15) is 0 Å². The smallest absolute Gasteiger partial charge is 0.146 e. The Morgan fingerprint density at radius 2 is 1.76 bits per heavy atom. The lowest BCUT2D eigenvalue weighted by molar-refractivity contribution is -0.0291. The van der Waals surface area contributed by atoms with E-state index in [2.05, 4.69) is 40.2 Å². The van der Waals surface area contributed by atoms with E-state index in [4.69, 9.17) is 21.1 Å². The number of benzene rings is 2. The minimum absolute atomic E-state index is 0.348. The molecule has 0 spiro atoms. The van der Waals surface area contributed by atoms with Crippen molar-refractivity contribution >= 4 is 27.5 Å². The van der Waals surface area contributed by atoms with Crippen molar-refractivity contribution in [3.05, 3.63) is 68.7 Å². The summed E-state index contributed by atoms with van der Waals surface area (Å²) in [5, 5.41) is 0.764. The van der Waals surface area contributed by atoms with Gasteiger partial charge in [-0.25, -0.2) is 0 Å². The average molecular weight is 370 g/mol. The van der Waals surface area contributed by atoms with Gasteiger partial charge in [-0.1, -0.05) is 51.8 Å². The topological polar surface area (TPSA) is 18.5 Å². The van der Waals surface area contributed by atoms with E-state index in [1.165, 1.54) is 16.7 Å². The number of methoxy groups -OCH3 is 1. The number of hydrogen-bond donors (Lipinski definition) is 0. The van der Waals surface area contributed by atoms with Gasteiger partial charge in [0.05, 0.1) is 6.61 Å². The van der Waals surface area contributed by atoms with E-state index < -0.39 is 0 Å². The molecule has 0 saturated heterocycles. The molecule has 0 aliphatic rings. The van der Waals surface area contributed by atoms with Crippen LogP contribution >= 0.6 is 27.5 Å². The Labute approximate surface area is 139 Å². The second-order valence-corrected chi connectivity index (χ2v) is 6.08. The molecule has 2 rings (SSSR count). The van der Waals surface area contributed by atoms with E-state index in [1.54, 1.807) is 7.11 Å². The Hall–Kier alpha value is -0.870. The summed E-state index contributed by atoms with van der Waals surface area (Å²) in [6.45, 7) is 1.02. The molecular weight excluding hydrogens is 352 g/mol. The SMILES string of the molecule is COCOCCc1ccc(Cc2cc(Cl)ccc2Br)cc1. The number of ether oxygens (including phenoxy) is 2. The fourth-order valence-corrected chi connectivity index (χ4v) is 2.64. The van der Waals surface area contributed by atoms with Crippen LogP contribution in [-0.4, -0.2) is 20.5 Å². The van der Waals surface area contributed by atoms with Crippen LogP contribution in [0.4, 0.5) is 0 Å². The molecule has 0 radical (unpaired) electrons. The third-order valence-corrected chi connectivity index (χ3v) is 4.17. The summed E-state index contributed by atoms with van der Waals surface area (Å²) in [4.78, 5) is 0. The molecule has 2 aromatic carbocycles. The first-order valence-electron chi connectivity index (χ1n) is 6.77. The molecule has 0 aromatic heterocycles. The monoisotopic (exact) mass is 368 g/mol. The van der Waals surface area contributed by atoms with Crippen LogP contribution in [0, 0.1) is 0 Å². The summed E-state index contributed by atoms with van der Waals surface area (Å²) in [6.07, 6.45) is 1.76. The summed E-state index contributed by atoms with van der Waals surface area (Å²) < 4.78 is 11.2. The van der Waals surface area contributed by atoms with Gasteiger partial charge in [0.1, 0.15) is 6.79 Å². The quantitative estimate of drug-likeness (QED) is 0.513. The van der Waals surface area contributed by atoms with Gasteiger partial charge in [0.15, 0.2) is 0 Å². The van der Waals surface area contributed by atoms with E-state index in [0.29, 0.717) is 13.4 Å². The van der Waals surface area contributed by atoms with Gasteiger partial charge in [-0.3, -0.25) is 0 Å². The average Bonchev–Trinajstić information content (AvgIpc) is 2.49. The lowest BCUT2D eigenvalue weighted by atomic mass is 10.0. The Morgan fingerprint density at radius 1 is 1.05 bits per heavy atom. The van der Waals surface area contributed by atoms with Gasteiger partial charge in [-0.15, -0.1) is 0 Å². The molecule has 2 aromatic rings. The molecule has 0 amide bonds. The second kappa shape index (κ2) is 8.54. The summed E-state index contributed by atoms with van der Waals surface area (Å²) in [7, 11) is 1.63. The maximum atomic E-state index is 6.05. The molecule has 0 atom stereocenters. The largest absolute Gasteiger partial charge is 0.359 e. The van der Waals surface area contributed by atoms with Crippen molar-refractivity contribution in [1.29, 1.82) is 0 Å². The highest BCUT2D eigenvalue weighted by molar-refractivity contribution is 9.10. The van der Waals surface area contributed by atoms with Crippen molar-refractivity contribution in [1.82, 2.24) is 0 Å². The first-order valence-corrected chi connectivity index (χ1v) is 7.94. The van der Waals surface area contributed by atoms with Crippen molar-refractivity contribution in [3.8, 4) is 0 Å². The standard InChI is InChI=1S/C17H18BrClO2/c1-20-12-21-9-8-13-2-4-14(5-3-13)10-15-11-16(19)6-7-17(15)18/h2-7,11H,8-10,12H2,1H3. The first kappa shape index (κ1) is 16.5. The van der Waals surface area contributed by atoms with E-state index in [0.717, 1.165) is 22.3 Å². The van der Waals surface area contributed by atoms with Gasteiger partial charge in [0.25, 0.3) is 0 Å². The fraction of sp³-hybridized carbons (Fsp3) is 0.294.